The van der Waals surface area contributed by atoms with E-state index in [-0.39, 0.29) is 11.0 Å². The smallest absolute Gasteiger partial charge is 0.313 e. The van der Waals surface area contributed by atoms with Crippen LogP contribution < -0.4 is 5.73 Å². The van der Waals surface area contributed by atoms with Crippen LogP contribution in [0.15, 0.2) is 42.5 Å². The van der Waals surface area contributed by atoms with Crippen LogP contribution in [0.25, 0.3) is 0 Å². The highest BCUT2D eigenvalue weighted by atomic mass is 35.5. The van der Waals surface area contributed by atoms with Crippen LogP contribution in [0.4, 0.5) is 5.69 Å². The van der Waals surface area contributed by atoms with Crippen LogP contribution in [0.3, 0.4) is 0 Å². The van der Waals surface area contributed by atoms with Crippen molar-refractivity contribution in [3.05, 3.63) is 63.6 Å². The van der Waals surface area contributed by atoms with Crippen molar-refractivity contribution in [2.75, 3.05) is 11.5 Å². The van der Waals surface area contributed by atoms with Gasteiger partial charge in [-0.05, 0) is 35.4 Å². The van der Waals surface area contributed by atoms with Crippen molar-refractivity contribution in [2.45, 2.75) is 5.25 Å². The maximum absolute atomic E-state index is 10.9. The number of halogens is 2. The molecule has 0 aliphatic rings. The molecule has 2 aromatic carbocycles. The zero-order chi connectivity index (χ0) is 15.4. The number of anilines is 1. The highest BCUT2D eigenvalue weighted by Crippen LogP contribution is 2.42. The Kier molecular flexibility index (Phi) is 5.39. The fourth-order valence-electron chi connectivity index (χ4n) is 1.96. The third-order valence-corrected chi connectivity index (χ3v) is 4.73. The summed E-state index contributed by atoms with van der Waals surface area (Å²) >= 11 is 13.5. The molecule has 0 saturated heterocycles. The van der Waals surface area contributed by atoms with Gasteiger partial charge in [-0.25, -0.2) is 0 Å². The van der Waals surface area contributed by atoms with Gasteiger partial charge in [-0.2, -0.15) is 0 Å². The van der Waals surface area contributed by atoms with E-state index < -0.39 is 5.97 Å². The Bertz CT molecular complexity index is 664. The van der Waals surface area contributed by atoms with Gasteiger partial charge in [0.1, 0.15) is 0 Å². The molecule has 3 nitrogen and oxygen atoms in total. The fourth-order valence-corrected chi connectivity index (χ4v) is 3.53. The van der Waals surface area contributed by atoms with Gasteiger partial charge in [0.05, 0.1) is 11.0 Å². The molecule has 3 N–H and O–H groups in total. The average Bonchev–Trinajstić information content (AvgIpc) is 2.44. The number of nitrogen functional groups attached to an aromatic ring is 1. The quantitative estimate of drug-likeness (QED) is 0.786. The molecule has 0 bridgehead atoms. The third kappa shape index (κ3) is 4.06. The SMILES string of the molecule is Nc1ccc(Cl)cc1C(SCC(=O)O)c1ccccc1Cl. The first-order valence-electron chi connectivity index (χ1n) is 6.12. The van der Waals surface area contributed by atoms with Crippen molar-refractivity contribution in [3.63, 3.8) is 0 Å². The van der Waals surface area contributed by atoms with E-state index in [9.17, 15) is 4.79 Å². The van der Waals surface area contributed by atoms with Gasteiger partial charge in [-0.15, -0.1) is 11.8 Å². The highest BCUT2D eigenvalue weighted by molar-refractivity contribution is 8.00. The van der Waals surface area contributed by atoms with Crippen LogP contribution in [0, 0.1) is 0 Å². The molecule has 2 rings (SSSR count). The highest BCUT2D eigenvalue weighted by Gasteiger charge is 2.21. The number of carboxylic acid groups (broad SMARTS) is 1. The first-order chi connectivity index (χ1) is 9.99. The molecule has 0 fully saturated rings. The monoisotopic (exact) mass is 341 g/mol. The fraction of sp³-hybridized carbons (Fsp3) is 0.133. The molecule has 0 saturated carbocycles. The molecule has 0 heterocycles. The van der Waals surface area contributed by atoms with Crippen molar-refractivity contribution < 1.29 is 9.90 Å². The van der Waals surface area contributed by atoms with Gasteiger partial charge >= 0.3 is 5.97 Å². The van der Waals surface area contributed by atoms with Crippen LogP contribution >= 0.6 is 35.0 Å². The molecular weight excluding hydrogens is 329 g/mol. The maximum atomic E-state index is 10.9. The molecule has 6 heteroatoms. The minimum Gasteiger partial charge on any atom is -0.481 e. The standard InChI is InChI=1S/C15H13Cl2NO2S/c16-9-5-6-13(18)11(7-9)15(21-8-14(19)20)10-3-1-2-4-12(10)17/h1-7,15H,8,18H2,(H,19,20). The number of benzene rings is 2. The van der Waals surface area contributed by atoms with Crippen molar-refractivity contribution >= 4 is 46.6 Å². The summed E-state index contributed by atoms with van der Waals surface area (Å²) in [6, 6.07) is 12.5. The molecule has 0 spiro atoms. The van der Waals surface area contributed by atoms with E-state index in [2.05, 4.69) is 0 Å². The Morgan fingerprint density at radius 1 is 1.19 bits per heavy atom. The minimum absolute atomic E-state index is 0.0537. The Labute approximate surface area is 137 Å². The predicted octanol–water partition coefficient (Wildman–Crippen LogP) is 4.48. The predicted molar refractivity (Wildman–Crippen MR) is 89.3 cm³/mol. The second kappa shape index (κ2) is 7.07. The van der Waals surface area contributed by atoms with Crippen LogP contribution in [-0.2, 0) is 4.79 Å². The summed E-state index contributed by atoms with van der Waals surface area (Å²) in [6.45, 7) is 0. The molecule has 1 unspecified atom stereocenters. The second-order valence-electron chi connectivity index (χ2n) is 4.38. The van der Waals surface area contributed by atoms with Gasteiger partial charge in [0.25, 0.3) is 0 Å². The van der Waals surface area contributed by atoms with Gasteiger partial charge in [0, 0.05) is 15.7 Å². The zero-order valence-electron chi connectivity index (χ0n) is 10.9. The number of thioether (sulfide) groups is 1. The van der Waals surface area contributed by atoms with E-state index in [1.165, 1.54) is 11.8 Å². The lowest BCUT2D eigenvalue weighted by Crippen LogP contribution is -2.06. The lowest BCUT2D eigenvalue weighted by Gasteiger charge is -2.20. The van der Waals surface area contributed by atoms with E-state index in [1.807, 2.05) is 18.2 Å². The Hall–Kier alpha value is -1.36. The van der Waals surface area contributed by atoms with Crippen molar-refractivity contribution in [1.82, 2.24) is 0 Å². The van der Waals surface area contributed by atoms with Crippen LogP contribution in [-0.4, -0.2) is 16.8 Å². The largest absolute Gasteiger partial charge is 0.481 e. The van der Waals surface area contributed by atoms with Gasteiger partial charge < -0.3 is 10.8 Å². The Morgan fingerprint density at radius 2 is 1.90 bits per heavy atom. The average molecular weight is 342 g/mol. The minimum atomic E-state index is -0.891. The molecule has 21 heavy (non-hydrogen) atoms. The van der Waals surface area contributed by atoms with E-state index >= 15 is 0 Å². The topological polar surface area (TPSA) is 63.3 Å². The first kappa shape index (κ1) is 16.0. The van der Waals surface area contributed by atoms with Gasteiger partial charge in [0.2, 0.25) is 0 Å². The molecule has 2 aromatic rings. The van der Waals surface area contributed by atoms with Crippen molar-refractivity contribution in [3.8, 4) is 0 Å². The van der Waals surface area contributed by atoms with Gasteiger partial charge in [0.15, 0.2) is 0 Å². The second-order valence-corrected chi connectivity index (χ2v) is 6.32. The van der Waals surface area contributed by atoms with Crippen LogP contribution in [0.1, 0.15) is 16.4 Å². The van der Waals surface area contributed by atoms with Gasteiger partial charge in [-0.1, -0.05) is 41.4 Å². The number of hydrogen-bond donors (Lipinski definition) is 2. The molecular formula is C15H13Cl2NO2S. The third-order valence-electron chi connectivity index (χ3n) is 2.89. The summed E-state index contributed by atoms with van der Waals surface area (Å²) in [5, 5.41) is 9.77. The molecule has 0 aliphatic heterocycles. The summed E-state index contributed by atoms with van der Waals surface area (Å²) in [7, 11) is 0. The summed E-state index contributed by atoms with van der Waals surface area (Å²) in [6.07, 6.45) is 0. The van der Waals surface area contributed by atoms with Crippen molar-refractivity contribution in [2.24, 2.45) is 0 Å². The lowest BCUT2D eigenvalue weighted by molar-refractivity contribution is -0.133. The zero-order valence-corrected chi connectivity index (χ0v) is 13.3. The molecule has 0 aromatic heterocycles. The number of hydrogen-bond acceptors (Lipinski definition) is 3. The van der Waals surface area contributed by atoms with E-state index in [4.69, 9.17) is 34.0 Å². The summed E-state index contributed by atoms with van der Waals surface area (Å²) in [5.74, 6) is -0.945. The molecule has 0 aliphatic carbocycles. The molecule has 0 radical (unpaired) electrons. The van der Waals surface area contributed by atoms with Crippen LogP contribution in [0.2, 0.25) is 10.0 Å². The lowest BCUT2D eigenvalue weighted by atomic mass is 10.0. The van der Waals surface area contributed by atoms with E-state index in [0.29, 0.717) is 15.7 Å². The van der Waals surface area contributed by atoms with E-state index in [0.717, 1.165) is 11.1 Å². The number of nitrogens with two attached hydrogens (primary N) is 1. The molecule has 0 amide bonds. The van der Waals surface area contributed by atoms with Crippen molar-refractivity contribution in [1.29, 1.82) is 0 Å². The molecule has 1 atom stereocenters. The Morgan fingerprint density at radius 3 is 2.57 bits per heavy atom. The van der Waals surface area contributed by atoms with Crippen LogP contribution in [0.5, 0.6) is 0 Å². The molecule has 110 valence electrons. The normalized spacial score (nSPS) is 12.1. The summed E-state index contributed by atoms with van der Waals surface area (Å²) < 4.78 is 0. The van der Waals surface area contributed by atoms with Gasteiger partial charge in [-0.3, -0.25) is 4.79 Å². The number of rotatable bonds is 5. The number of carboxylic acids is 1. The summed E-state index contributed by atoms with van der Waals surface area (Å²) in [4.78, 5) is 10.9. The number of carbonyl (C=O) groups is 1. The summed E-state index contributed by atoms with van der Waals surface area (Å²) in [5.41, 5.74) is 8.16. The number of aliphatic carboxylic acids is 1. The Balaban J connectivity index is 2.48. The first-order valence-corrected chi connectivity index (χ1v) is 7.92. The maximum Gasteiger partial charge on any atom is 0.313 e. The van der Waals surface area contributed by atoms with E-state index in [1.54, 1.807) is 24.3 Å².